The average molecular weight is 402 g/mol. The summed E-state index contributed by atoms with van der Waals surface area (Å²) in [6.45, 7) is 2.07. The summed E-state index contributed by atoms with van der Waals surface area (Å²) in [7, 11) is 0. The predicted molar refractivity (Wildman–Crippen MR) is 92.0 cm³/mol. The molecule has 0 saturated carbocycles. The molecular formula is C14H12BrN9O. The van der Waals surface area contributed by atoms with E-state index in [1.165, 1.54) is 4.80 Å². The van der Waals surface area contributed by atoms with E-state index in [9.17, 15) is 0 Å². The van der Waals surface area contributed by atoms with Crippen LogP contribution in [0.2, 0.25) is 0 Å². The summed E-state index contributed by atoms with van der Waals surface area (Å²) >= 11 is 3.30. The Morgan fingerprint density at radius 1 is 1.32 bits per heavy atom. The number of nitrogen functional groups attached to an aromatic ring is 1. The third-order valence-corrected chi connectivity index (χ3v) is 3.94. The number of ether oxygens (including phenoxy) is 1. The molecule has 0 fully saturated rings. The van der Waals surface area contributed by atoms with Crippen LogP contribution in [0.25, 0.3) is 16.9 Å². The van der Waals surface area contributed by atoms with Gasteiger partial charge in [-0.15, -0.1) is 15.0 Å². The van der Waals surface area contributed by atoms with Gasteiger partial charge >= 0.3 is 0 Å². The van der Waals surface area contributed by atoms with Crippen molar-refractivity contribution in [3.8, 4) is 11.4 Å². The lowest BCUT2D eigenvalue weighted by molar-refractivity contribution is 0.303. The molecule has 0 bridgehead atoms. The van der Waals surface area contributed by atoms with Crippen molar-refractivity contribution in [1.82, 2.24) is 40.4 Å². The number of aromatic nitrogens is 8. The van der Waals surface area contributed by atoms with E-state index in [1.807, 2.05) is 19.1 Å². The number of nitrogens with two attached hydrogens (primary N) is 1. The first kappa shape index (κ1) is 15.4. The summed E-state index contributed by atoms with van der Waals surface area (Å²) in [5, 5.41) is 19.2. The van der Waals surface area contributed by atoms with Gasteiger partial charge in [0.25, 0.3) is 0 Å². The molecule has 0 aliphatic carbocycles. The lowest BCUT2D eigenvalue weighted by Crippen LogP contribution is -2.02. The van der Waals surface area contributed by atoms with Crippen LogP contribution in [-0.2, 0) is 6.61 Å². The summed E-state index contributed by atoms with van der Waals surface area (Å²) in [5.74, 6) is 0.797. The van der Waals surface area contributed by atoms with Crippen LogP contribution < -0.4 is 10.5 Å². The van der Waals surface area contributed by atoms with Crippen LogP contribution in [-0.4, -0.2) is 40.4 Å². The molecule has 3 N–H and O–H groups in total. The molecule has 4 heterocycles. The molecule has 0 unspecified atom stereocenters. The molecule has 0 amide bonds. The van der Waals surface area contributed by atoms with E-state index in [-0.39, 0.29) is 6.61 Å². The molecule has 4 aromatic rings. The Hall–Kier alpha value is -3.08. The number of H-pyrrole nitrogens is 1. The monoisotopic (exact) mass is 401 g/mol. The first-order valence-electron chi connectivity index (χ1n) is 7.25. The zero-order chi connectivity index (χ0) is 17.4. The maximum atomic E-state index is 5.81. The molecular weight excluding hydrogens is 390 g/mol. The van der Waals surface area contributed by atoms with Crippen molar-refractivity contribution in [1.29, 1.82) is 0 Å². The maximum Gasteiger partial charge on any atom is 0.181 e. The topological polar surface area (TPSA) is 133 Å². The second-order valence-corrected chi connectivity index (χ2v) is 6.02. The Morgan fingerprint density at radius 2 is 2.20 bits per heavy atom. The molecule has 126 valence electrons. The van der Waals surface area contributed by atoms with Gasteiger partial charge in [-0.25, -0.2) is 15.1 Å². The van der Waals surface area contributed by atoms with Gasteiger partial charge in [-0.1, -0.05) is 5.21 Å². The van der Waals surface area contributed by atoms with Crippen molar-refractivity contribution < 1.29 is 4.74 Å². The van der Waals surface area contributed by atoms with Crippen molar-refractivity contribution >= 4 is 32.9 Å². The van der Waals surface area contributed by atoms with Crippen LogP contribution in [0.4, 0.5) is 5.82 Å². The fourth-order valence-corrected chi connectivity index (χ4v) is 2.47. The minimum atomic E-state index is 0.210. The maximum absolute atomic E-state index is 5.81. The van der Waals surface area contributed by atoms with Gasteiger partial charge in [0, 0.05) is 6.07 Å². The van der Waals surface area contributed by atoms with Crippen LogP contribution >= 0.6 is 15.9 Å². The number of nitrogens with one attached hydrogen (secondary N) is 1. The van der Waals surface area contributed by atoms with E-state index < -0.39 is 0 Å². The number of rotatable bonds is 4. The van der Waals surface area contributed by atoms with Gasteiger partial charge in [0.2, 0.25) is 0 Å². The largest absolute Gasteiger partial charge is 0.485 e. The molecule has 0 aromatic carbocycles. The molecule has 0 saturated heterocycles. The van der Waals surface area contributed by atoms with Gasteiger partial charge in [0.15, 0.2) is 16.9 Å². The Morgan fingerprint density at radius 3 is 3.00 bits per heavy atom. The van der Waals surface area contributed by atoms with Gasteiger partial charge in [-0.2, -0.15) is 5.10 Å². The molecule has 10 nitrogen and oxygen atoms in total. The molecule has 0 spiro atoms. The predicted octanol–water partition coefficient (Wildman–Crippen LogP) is 1.56. The fourth-order valence-electron chi connectivity index (χ4n) is 2.23. The normalized spacial score (nSPS) is 11.1. The van der Waals surface area contributed by atoms with Gasteiger partial charge in [-0.3, -0.25) is 0 Å². The van der Waals surface area contributed by atoms with Crippen molar-refractivity contribution in [3.05, 3.63) is 40.4 Å². The second kappa shape index (κ2) is 6.09. The number of fused-ring (bicyclic) bond motifs is 1. The summed E-state index contributed by atoms with van der Waals surface area (Å²) in [5.41, 5.74) is 8.94. The number of anilines is 1. The summed E-state index contributed by atoms with van der Waals surface area (Å²) in [6, 6.07) is 5.29. The lowest BCUT2D eigenvalue weighted by atomic mass is 10.3. The quantitative estimate of drug-likeness (QED) is 0.492. The van der Waals surface area contributed by atoms with Crippen molar-refractivity contribution in [2.75, 3.05) is 5.73 Å². The van der Waals surface area contributed by atoms with Crippen LogP contribution in [0.1, 0.15) is 11.4 Å². The zero-order valence-electron chi connectivity index (χ0n) is 13.0. The Bertz CT molecular complexity index is 1040. The first-order chi connectivity index (χ1) is 12.1. The summed E-state index contributed by atoms with van der Waals surface area (Å²) in [6.07, 6.45) is 1.68. The first-order valence-corrected chi connectivity index (χ1v) is 8.04. The van der Waals surface area contributed by atoms with E-state index in [4.69, 9.17) is 10.5 Å². The van der Waals surface area contributed by atoms with Crippen LogP contribution in [0.3, 0.4) is 0 Å². The Labute approximate surface area is 149 Å². The summed E-state index contributed by atoms with van der Waals surface area (Å²) < 4.78 is 6.56. The fraction of sp³-hybridized carbons (Fsp3) is 0.143. The number of pyridine rings is 2. The van der Waals surface area contributed by atoms with E-state index in [0.29, 0.717) is 28.4 Å². The third kappa shape index (κ3) is 3.01. The van der Waals surface area contributed by atoms with Gasteiger partial charge in [0.05, 0.1) is 11.9 Å². The Balaban J connectivity index is 1.59. The van der Waals surface area contributed by atoms with Crippen molar-refractivity contribution in [3.63, 3.8) is 0 Å². The standard InChI is InChI=1S/C14H12BrN9O/c1-7-9(22-24(21-7)8-2-3-11(15)17-5-8)6-25-10-4-12(16)18-14-13(10)19-23-20-14/h2-5H,6H2,1H3,(H3,16,18,19,20,23). The highest BCUT2D eigenvalue weighted by Gasteiger charge is 2.13. The van der Waals surface area contributed by atoms with Crippen molar-refractivity contribution in [2.24, 2.45) is 0 Å². The summed E-state index contributed by atoms with van der Waals surface area (Å²) in [4.78, 5) is 9.78. The molecule has 11 heteroatoms. The number of halogens is 1. The number of hydrogen-bond donors (Lipinski definition) is 2. The highest BCUT2D eigenvalue weighted by Crippen LogP contribution is 2.24. The van der Waals surface area contributed by atoms with E-state index in [0.717, 1.165) is 16.0 Å². The smallest absolute Gasteiger partial charge is 0.181 e. The molecule has 4 aromatic heterocycles. The molecule has 0 aliphatic rings. The molecule has 0 aliphatic heterocycles. The van der Waals surface area contributed by atoms with Crippen LogP contribution in [0, 0.1) is 6.92 Å². The number of aromatic amines is 1. The van der Waals surface area contributed by atoms with E-state index in [2.05, 4.69) is 51.5 Å². The lowest BCUT2D eigenvalue weighted by Gasteiger charge is -2.05. The second-order valence-electron chi connectivity index (χ2n) is 5.20. The molecule has 25 heavy (non-hydrogen) atoms. The van der Waals surface area contributed by atoms with Crippen LogP contribution in [0.5, 0.6) is 5.75 Å². The number of nitrogens with zero attached hydrogens (tertiary/aromatic N) is 7. The minimum absolute atomic E-state index is 0.210. The van der Waals surface area contributed by atoms with Gasteiger partial charge in [-0.05, 0) is 35.0 Å². The van der Waals surface area contributed by atoms with E-state index >= 15 is 0 Å². The number of hydrogen-bond acceptors (Lipinski definition) is 8. The molecule has 4 rings (SSSR count). The number of aryl methyl sites for hydroxylation is 1. The average Bonchev–Trinajstić information content (AvgIpc) is 3.20. The van der Waals surface area contributed by atoms with Gasteiger partial charge < -0.3 is 10.5 Å². The van der Waals surface area contributed by atoms with Crippen molar-refractivity contribution in [2.45, 2.75) is 13.5 Å². The SMILES string of the molecule is Cc1nn(-c2ccc(Br)nc2)nc1COc1cc(N)nc2[nH]nnc12. The third-order valence-electron chi connectivity index (χ3n) is 3.47. The highest BCUT2D eigenvalue weighted by atomic mass is 79.9. The molecule has 0 atom stereocenters. The van der Waals surface area contributed by atoms with E-state index in [1.54, 1.807) is 12.3 Å². The molecule has 0 radical (unpaired) electrons. The highest BCUT2D eigenvalue weighted by molar-refractivity contribution is 9.10. The zero-order valence-corrected chi connectivity index (χ0v) is 14.6. The van der Waals surface area contributed by atoms with Gasteiger partial charge in [0.1, 0.15) is 28.4 Å². The van der Waals surface area contributed by atoms with Crippen LogP contribution in [0.15, 0.2) is 29.0 Å². The minimum Gasteiger partial charge on any atom is -0.485 e. The Kier molecular flexibility index (Phi) is 3.76.